The van der Waals surface area contributed by atoms with Crippen molar-refractivity contribution in [3.8, 4) is 0 Å². The van der Waals surface area contributed by atoms with Gasteiger partial charge in [-0.2, -0.15) is 0 Å². The van der Waals surface area contributed by atoms with Crippen molar-refractivity contribution in [2.75, 3.05) is 45.6 Å². The largest absolute Gasteiger partial charge is 0.347 e. The number of likely N-dealkylation sites (N-methyl/N-ethyl adjacent to an activating group) is 1. The lowest BCUT2D eigenvalue weighted by molar-refractivity contribution is -0.129. The predicted octanol–water partition coefficient (Wildman–Crippen LogP) is 2.47. The first-order valence-electron chi connectivity index (χ1n) is 10.5. The molecular weight excluding hydrogens is 392 g/mol. The Morgan fingerprint density at radius 3 is 2.48 bits per heavy atom. The van der Waals surface area contributed by atoms with Crippen molar-refractivity contribution < 1.29 is 9.59 Å². The Balaban J connectivity index is 1.33. The van der Waals surface area contributed by atoms with E-state index in [-0.39, 0.29) is 11.9 Å². The Labute approximate surface area is 182 Å². The minimum absolute atomic E-state index is 0.0398. The van der Waals surface area contributed by atoms with E-state index in [2.05, 4.69) is 15.2 Å². The zero-order valence-corrected chi connectivity index (χ0v) is 18.0. The monoisotopic (exact) mass is 420 g/mol. The van der Waals surface area contributed by atoms with Crippen molar-refractivity contribution in [2.24, 2.45) is 0 Å². The molecule has 1 aliphatic rings. The summed E-state index contributed by atoms with van der Waals surface area (Å²) in [5.74, 6) is 0.0398. The van der Waals surface area contributed by atoms with Gasteiger partial charge in [-0.3, -0.25) is 14.7 Å². The third-order valence-corrected chi connectivity index (χ3v) is 5.64. The maximum absolute atomic E-state index is 12.7. The lowest BCUT2D eigenvalue weighted by Crippen LogP contribution is -2.49. The van der Waals surface area contributed by atoms with Gasteiger partial charge in [0.15, 0.2) is 0 Å². The number of carbonyl (C=O) groups excluding carboxylic acids is 2. The summed E-state index contributed by atoms with van der Waals surface area (Å²) in [5, 5.41) is 4.00. The first kappa shape index (κ1) is 20.9. The second-order valence-electron chi connectivity index (χ2n) is 8.05. The van der Waals surface area contributed by atoms with Crippen molar-refractivity contribution in [3.63, 3.8) is 0 Å². The number of nitrogens with one attached hydrogen (secondary N) is 1. The molecule has 2 aromatic heterocycles. The SMILES string of the molecule is CN(C)C(=O)Cn1ccc2cc(NC(=O)N3CCN(Cc4ccncc4)CC3)ccc21. The summed E-state index contributed by atoms with van der Waals surface area (Å²) < 4.78 is 1.92. The molecule has 1 N–H and O–H groups in total. The molecule has 8 nitrogen and oxygen atoms in total. The normalized spacial score (nSPS) is 14.6. The van der Waals surface area contributed by atoms with Gasteiger partial charge >= 0.3 is 6.03 Å². The Morgan fingerprint density at radius 1 is 1.03 bits per heavy atom. The fourth-order valence-electron chi connectivity index (χ4n) is 3.76. The molecule has 162 valence electrons. The van der Waals surface area contributed by atoms with Gasteiger partial charge in [0.25, 0.3) is 0 Å². The molecule has 3 heterocycles. The van der Waals surface area contributed by atoms with Crippen molar-refractivity contribution in [3.05, 3.63) is 60.6 Å². The molecule has 0 unspecified atom stereocenters. The standard InChI is InChI=1S/C23H28N6O2/c1-26(2)22(30)17-29-10-7-19-15-20(3-4-21(19)29)25-23(31)28-13-11-27(12-14-28)16-18-5-8-24-9-6-18/h3-10,15H,11-14,16-17H2,1-2H3,(H,25,31). The average Bonchev–Trinajstić information content (AvgIpc) is 3.16. The van der Waals surface area contributed by atoms with Crippen molar-refractivity contribution >= 4 is 28.5 Å². The van der Waals surface area contributed by atoms with Crippen LogP contribution in [0.2, 0.25) is 0 Å². The van der Waals surface area contributed by atoms with Crippen LogP contribution in [0.5, 0.6) is 0 Å². The van der Waals surface area contributed by atoms with Gasteiger partial charge in [0.05, 0.1) is 0 Å². The summed E-state index contributed by atoms with van der Waals surface area (Å²) >= 11 is 0. The molecular formula is C23H28N6O2. The summed E-state index contributed by atoms with van der Waals surface area (Å²) in [6, 6.07) is 11.7. The zero-order valence-electron chi connectivity index (χ0n) is 18.0. The van der Waals surface area contributed by atoms with Crippen LogP contribution in [0.1, 0.15) is 5.56 Å². The van der Waals surface area contributed by atoms with Gasteiger partial charge in [-0.25, -0.2) is 4.79 Å². The molecule has 0 saturated carbocycles. The van der Waals surface area contributed by atoms with E-state index < -0.39 is 0 Å². The highest BCUT2D eigenvalue weighted by Crippen LogP contribution is 2.21. The number of rotatable bonds is 5. The van der Waals surface area contributed by atoms with Crippen LogP contribution in [0.4, 0.5) is 10.5 Å². The molecule has 8 heteroatoms. The molecule has 1 aromatic carbocycles. The number of urea groups is 1. The minimum Gasteiger partial charge on any atom is -0.347 e. The lowest BCUT2D eigenvalue weighted by atomic mass is 10.2. The number of carbonyl (C=O) groups is 2. The first-order chi connectivity index (χ1) is 15.0. The van der Waals surface area contributed by atoms with Crippen molar-refractivity contribution in [1.29, 1.82) is 0 Å². The van der Waals surface area contributed by atoms with Crippen LogP contribution in [0.15, 0.2) is 55.0 Å². The predicted molar refractivity (Wildman–Crippen MR) is 121 cm³/mol. The summed E-state index contributed by atoms with van der Waals surface area (Å²) in [6.45, 7) is 4.26. The van der Waals surface area contributed by atoms with E-state index in [4.69, 9.17) is 0 Å². The van der Waals surface area contributed by atoms with E-state index in [1.165, 1.54) is 5.56 Å². The molecule has 1 saturated heterocycles. The topological polar surface area (TPSA) is 73.7 Å². The highest BCUT2D eigenvalue weighted by Gasteiger charge is 2.21. The van der Waals surface area contributed by atoms with Crippen molar-refractivity contribution in [1.82, 2.24) is 24.3 Å². The molecule has 31 heavy (non-hydrogen) atoms. The van der Waals surface area contributed by atoms with Crippen molar-refractivity contribution in [2.45, 2.75) is 13.1 Å². The lowest BCUT2D eigenvalue weighted by Gasteiger charge is -2.34. The van der Waals surface area contributed by atoms with E-state index in [1.807, 2.05) is 64.5 Å². The maximum atomic E-state index is 12.7. The highest BCUT2D eigenvalue weighted by atomic mass is 16.2. The third-order valence-electron chi connectivity index (χ3n) is 5.64. The molecule has 3 aromatic rings. The first-order valence-corrected chi connectivity index (χ1v) is 10.5. The molecule has 0 bridgehead atoms. The van der Waals surface area contributed by atoms with Gasteiger partial charge in [0.2, 0.25) is 5.91 Å². The van der Waals surface area contributed by atoms with Crippen LogP contribution < -0.4 is 5.32 Å². The van der Waals surface area contributed by atoms with Gasteiger partial charge in [0, 0.05) is 82.0 Å². The number of aromatic nitrogens is 2. The number of anilines is 1. The number of piperazine rings is 1. The Hall–Kier alpha value is -3.39. The van der Waals surface area contributed by atoms with Gasteiger partial charge in [-0.15, -0.1) is 0 Å². The Bertz CT molecular complexity index is 1050. The second kappa shape index (κ2) is 9.18. The van der Waals surface area contributed by atoms with E-state index in [0.717, 1.165) is 36.2 Å². The number of fused-ring (bicyclic) bond motifs is 1. The average molecular weight is 421 g/mol. The molecule has 0 spiro atoms. The molecule has 0 atom stereocenters. The van der Waals surface area contributed by atoms with E-state index in [0.29, 0.717) is 19.6 Å². The number of pyridine rings is 1. The number of hydrogen-bond donors (Lipinski definition) is 1. The van der Waals surface area contributed by atoms with Crippen LogP contribution >= 0.6 is 0 Å². The molecule has 1 aliphatic heterocycles. The number of hydrogen-bond acceptors (Lipinski definition) is 4. The number of amides is 3. The molecule has 0 radical (unpaired) electrons. The summed E-state index contributed by atoms with van der Waals surface area (Å²) in [6.07, 6.45) is 5.52. The summed E-state index contributed by atoms with van der Waals surface area (Å²) in [7, 11) is 3.50. The van der Waals surface area contributed by atoms with E-state index >= 15 is 0 Å². The van der Waals surface area contributed by atoms with Crippen LogP contribution in [-0.2, 0) is 17.9 Å². The Kier molecular flexibility index (Phi) is 6.18. The fourth-order valence-corrected chi connectivity index (χ4v) is 3.76. The molecule has 3 amide bonds. The van der Waals surface area contributed by atoms with Crippen LogP contribution in [0, 0.1) is 0 Å². The summed E-state index contributed by atoms with van der Waals surface area (Å²) in [5.41, 5.74) is 2.96. The number of benzene rings is 1. The quantitative estimate of drug-likeness (QED) is 0.688. The van der Waals surface area contributed by atoms with Gasteiger partial charge in [-0.1, -0.05) is 0 Å². The molecule has 4 rings (SSSR count). The molecule has 1 fully saturated rings. The van der Waals surface area contributed by atoms with E-state index in [1.54, 1.807) is 19.0 Å². The fraction of sp³-hybridized carbons (Fsp3) is 0.348. The van der Waals surface area contributed by atoms with Crippen LogP contribution in [0.3, 0.4) is 0 Å². The van der Waals surface area contributed by atoms with Gasteiger partial charge in [-0.05, 0) is 42.0 Å². The van der Waals surface area contributed by atoms with E-state index in [9.17, 15) is 9.59 Å². The minimum atomic E-state index is -0.0786. The van der Waals surface area contributed by atoms with Gasteiger partial charge in [0.1, 0.15) is 6.54 Å². The third kappa shape index (κ3) is 5.03. The smallest absolute Gasteiger partial charge is 0.321 e. The van der Waals surface area contributed by atoms with Crippen LogP contribution in [0.25, 0.3) is 10.9 Å². The van der Waals surface area contributed by atoms with Crippen LogP contribution in [-0.4, -0.2) is 76.5 Å². The summed E-state index contributed by atoms with van der Waals surface area (Å²) in [4.78, 5) is 34.6. The maximum Gasteiger partial charge on any atom is 0.321 e. The Morgan fingerprint density at radius 2 is 1.77 bits per heavy atom. The zero-order chi connectivity index (χ0) is 21.8. The molecule has 0 aliphatic carbocycles. The highest BCUT2D eigenvalue weighted by molar-refractivity contribution is 5.93. The number of nitrogens with zero attached hydrogens (tertiary/aromatic N) is 5. The van der Waals surface area contributed by atoms with Gasteiger partial charge < -0.3 is 19.7 Å². The second-order valence-corrected chi connectivity index (χ2v) is 8.05.